The zero-order chi connectivity index (χ0) is 27.6. The van der Waals surface area contributed by atoms with Crippen molar-refractivity contribution >= 4 is 5.78 Å². The fourth-order valence-electron chi connectivity index (χ4n) is 5.18. The van der Waals surface area contributed by atoms with E-state index in [1.807, 2.05) is 0 Å². The monoisotopic (exact) mass is 534 g/mol. The van der Waals surface area contributed by atoms with Gasteiger partial charge in [0, 0.05) is 12.3 Å². The van der Waals surface area contributed by atoms with Crippen LogP contribution in [0.4, 0.5) is 0 Å². The Morgan fingerprint density at radius 2 is 1.71 bits per heavy atom. The number of rotatable bonds is 9. The summed E-state index contributed by atoms with van der Waals surface area (Å²) in [6.45, 7) is -0.592. The minimum absolute atomic E-state index is 0.00343. The van der Waals surface area contributed by atoms with Crippen molar-refractivity contribution in [2.24, 2.45) is 11.8 Å². The van der Waals surface area contributed by atoms with Gasteiger partial charge in [0.1, 0.15) is 30.2 Å². The van der Waals surface area contributed by atoms with E-state index in [0.717, 1.165) is 5.56 Å². The number of ether oxygens (including phenoxy) is 4. The third-order valence-electron chi connectivity index (χ3n) is 7.38. The van der Waals surface area contributed by atoms with E-state index >= 15 is 0 Å². The molecule has 208 valence electrons. The molecule has 0 radical (unpaired) electrons. The highest BCUT2D eigenvalue weighted by atomic mass is 16.7. The number of phenolic OH excluding ortho intramolecular Hbond substituents is 1. The normalized spacial score (nSPS) is 30.2. The fourth-order valence-corrected chi connectivity index (χ4v) is 5.18. The molecule has 6 N–H and O–H groups in total. The number of aliphatic hydroxyl groups is 5. The number of hydrogen-bond acceptors (Lipinski definition) is 11. The highest BCUT2D eigenvalue weighted by molar-refractivity contribution is 5.83. The molecule has 0 aromatic heterocycles. The van der Waals surface area contributed by atoms with Crippen molar-refractivity contribution in [3.63, 3.8) is 0 Å². The minimum atomic E-state index is -1.59. The molecule has 4 rings (SSSR count). The molecule has 38 heavy (non-hydrogen) atoms. The third-order valence-corrected chi connectivity index (χ3v) is 7.38. The van der Waals surface area contributed by atoms with Crippen LogP contribution in [0.2, 0.25) is 0 Å². The van der Waals surface area contributed by atoms with Crippen molar-refractivity contribution in [1.82, 2.24) is 0 Å². The second-order valence-electron chi connectivity index (χ2n) is 9.66. The topological polar surface area (TPSA) is 175 Å². The SMILES string of the molecule is COc1cc(C[C@H]2C(=O)CC[C@@H]2[C@@H](O)c2ccc(O[C@@H]3O[C@H](CO)[C@@H](O)[C@H](O)[C@H]3O)c(OC)c2)ccc1O. The van der Waals surface area contributed by atoms with Crippen molar-refractivity contribution in [1.29, 1.82) is 0 Å². The number of carbonyl (C=O) groups is 1. The first-order valence-electron chi connectivity index (χ1n) is 12.4. The second-order valence-corrected chi connectivity index (χ2v) is 9.66. The van der Waals surface area contributed by atoms with Crippen LogP contribution < -0.4 is 14.2 Å². The van der Waals surface area contributed by atoms with E-state index in [0.29, 0.717) is 30.6 Å². The Kier molecular flexibility index (Phi) is 8.76. The average molecular weight is 535 g/mol. The summed E-state index contributed by atoms with van der Waals surface area (Å²) in [5.74, 6) is -0.0747. The van der Waals surface area contributed by atoms with Gasteiger partial charge in [-0.2, -0.15) is 0 Å². The van der Waals surface area contributed by atoms with Crippen LogP contribution >= 0.6 is 0 Å². The molecule has 2 aliphatic rings. The number of methoxy groups -OCH3 is 2. The molecule has 1 saturated carbocycles. The summed E-state index contributed by atoms with van der Waals surface area (Å²) < 4.78 is 21.7. The molecule has 1 saturated heterocycles. The Morgan fingerprint density at radius 1 is 0.974 bits per heavy atom. The van der Waals surface area contributed by atoms with Crippen molar-refractivity contribution in [2.45, 2.75) is 56.1 Å². The first kappa shape index (κ1) is 28.1. The molecule has 1 aliphatic carbocycles. The molecular formula is C27H34O11. The molecule has 11 nitrogen and oxygen atoms in total. The zero-order valence-electron chi connectivity index (χ0n) is 21.1. The van der Waals surface area contributed by atoms with E-state index in [1.165, 1.54) is 26.4 Å². The molecule has 2 aromatic rings. The predicted octanol–water partition coefficient (Wildman–Crippen LogP) is 0.459. The summed E-state index contributed by atoms with van der Waals surface area (Å²) in [4.78, 5) is 12.7. The lowest BCUT2D eigenvalue weighted by Crippen LogP contribution is -2.60. The lowest BCUT2D eigenvalue weighted by molar-refractivity contribution is -0.277. The highest BCUT2D eigenvalue weighted by Gasteiger charge is 2.45. The van der Waals surface area contributed by atoms with Gasteiger partial charge in [-0.25, -0.2) is 0 Å². The number of hydrogen-bond donors (Lipinski definition) is 6. The number of aromatic hydroxyl groups is 1. The first-order chi connectivity index (χ1) is 18.2. The summed E-state index contributed by atoms with van der Waals surface area (Å²) in [6.07, 6.45) is -6.98. The van der Waals surface area contributed by atoms with Crippen LogP contribution in [0.15, 0.2) is 36.4 Å². The van der Waals surface area contributed by atoms with Gasteiger partial charge in [0.2, 0.25) is 6.29 Å². The first-order valence-corrected chi connectivity index (χ1v) is 12.4. The Bertz CT molecular complexity index is 1120. The lowest BCUT2D eigenvalue weighted by Gasteiger charge is -2.39. The van der Waals surface area contributed by atoms with Gasteiger partial charge in [-0.1, -0.05) is 12.1 Å². The zero-order valence-corrected chi connectivity index (χ0v) is 21.1. The van der Waals surface area contributed by atoms with Crippen molar-refractivity contribution < 1.29 is 54.4 Å². The summed E-state index contributed by atoms with van der Waals surface area (Å²) in [5.41, 5.74) is 1.30. The maximum Gasteiger partial charge on any atom is 0.229 e. The number of aliphatic hydroxyl groups excluding tert-OH is 5. The van der Waals surface area contributed by atoms with Crippen LogP contribution in [0.25, 0.3) is 0 Å². The van der Waals surface area contributed by atoms with Crippen LogP contribution in [0.1, 0.15) is 30.1 Å². The Hall–Kier alpha value is -2.93. The van der Waals surface area contributed by atoms with Gasteiger partial charge in [-0.15, -0.1) is 0 Å². The largest absolute Gasteiger partial charge is 0.504 e. The Balaban J connectivity index is 1.51. The molecular weight excluding hydrogens is 500 g/mol. The van der Waals surface area contributed by atoms with E-state index in [2.05, 4.69) is 0 Å². The van der Waals surface area contributed by atoms with Crippen molar-refractivity contribution in [3.8, 4) is 23.0 Å². The van der Waals surface area contributed by atoms with Crippen LogP contribution in [0.3, 0.4) is 0 Å². The number of ketones is 1. The maximum atomic E-state index is 12.7. The fraction of sp³-hybridized carbons (Fsp3) is 0.519. The molecule has 0 unspecified atom stereocenters. The molecule has 1 aliphatic heterocycles. The number of carbonyl (C=O) groups excluding carboxylic acids is 1. The molecule has 2 fully saturated rings. The molecule has 2 aromatic carbocycles. The maximum absolute atomic E-state index is 12.7. The third kappa shape index (κ3) is 5.58. The van der Waals surface area contributed by atoms with Gasteiger partial charge in [-0.3, -0.25) is 4.79 Å². The Labute approximate surface area is 219 Å². The van der Waals surface area contributed by atoms with Crippen LogP contribution in [0, 0.1) is 11.8 Å². The molecule has 11 heteroatoms. The molecule has 0 spiro atoms. The number of phenols is 1. The second kappa shape index (κ2) is 11.9. The smallest absolute Gasteiger partial charge is 0.229 e. The van der Waals surface area contributed by atoms with E-state index in [9.17, 15) is 35.4 Å². The van der Waals surface area contributed by atoms with E-state index < -0.39 is 49.3 Å². The highest BCUT2D eigenvalue weighted by Crippen LogP contribution is 2.43. The molecule has 0 bridgehead atoms. The summed E-state index contributed by atoms with van der Waals surface area (Å²) in [7, 11) is 2.84. The van der Waals surface area contributed by atoms with E-state index in [4.69, 9.17) is 18.9 Å². The number of benzene rings is 2. The Morgan fingerprint density at radius 3 is 2.39 bits per heavy atom. The van der Waals surface area contributed by atoms with Gasteiger partial charge < -0.3 is 49.6 Å². The average Bonchev–Trinajstić information content (AvgIpc) is 3.29. The van der Waals surface area contributed by atoms with Crippen LogP contribution in [0.5, 0.6) is 23.0 Å². The van der Waals surface area contributed by atoms with Gasteiger partial charge in [0.05, 0.1) is 26.9 Å². The molecule has 8 atom stereocenters. The molecule has 1 heterocycles. The summed E-state index contributed by atoms with van der Waals surface area (Å²) in [5, 5.41) is 60.8. The van der Waals surface area contributed by atoms with Gasteiger partial charge in [0.25, 0.3) is 0 Å². The van der Waals surface area contributed by atoms with Gasteiger partial charge >= 0.3 is 0 Å². The van der Waals surface area contributed by atoms with Gasteiger partial charge in [-0.05, 0) is 54.2 Å². The minimum Gasteiger partial charge on any atom is -0.504 e. The summed E-state index contributed by atoms with van der Waals surface area (Å²) in [6, 6.07) is 9.59. The number of Topliss-reactive ketones (excluding diaryl/α,β-unsaturated/α-hetero) is 1. The van der Waals surface area contributed by atoms with E-state index in [-0.39, 0.29) is 28.9 Å². The van der Waals surface area contributed by atoms with Crippen molar-refractivity contribution in [3.05, 3.63) is 47.5 Å². The van der Waals surface area contributed by atoms with Gasteiger partial charge in [0.15, 0.2) is 23.0 Å². The lowest BCUT2D eigenvalue weighted by atomic mass is 9.83. The molecule has 0 amide bonds. The standard InChI is InChI=1S/C27H34O11/c1-35-20-10-13(3-6-18(20)30)9-16-15(5-7-17(16)29)23(31)14-4-8-19(21(11-14)36-2)37-27-26(34)25(33)24(32)22(12-28)38-27/h3-4,6,8,10-11,15-16,22-28,30-34H,5,7,9,12H2,1-2H3/t15-,16+,22+,23-,24+,25-,26+,27+/m0/s1. The van der Waals surface area contributed by atoms with E-state index in [1.54, 1.807) is 24.3 Å². The van der Waals surface area contributed by atoms with Crippen LogP contribution in [-0.2, 0) is 16.0 Å². The summed E-state index contributed by atoms with van der Waals surface area (Å²) >= 11 is 0. The van der Waals surface area contributed by atoms with Crippen LogP contribution in [-0.4, -0.2) is 88.0 Å². The quantitative estimate of drug-likeness (QED) is 0.264. The predicted molar refractivity (Wildman–Crippen MR) is 132 cm³/mol. The van der Waals surface area contributed by atoms with Crippen molar-refractivity contribution in [2.75, 3.05) is 20.8 Å².